The Kier molecular flexibility index (Phi) is 7.07. The monoisotopic (exact) mass is 353 g/mol. The highest BCUT2D eigenvalue weighted by atomic mass is 16.5. The average molecular weight is 353 g/mol. The van der Waals surface area contributed by atoms with Crippen molar-refractivity contribution in [3.05, 3.63) is 59.7 Å². The fourth-order valence-electron chi connectivity index (χ4n) is 2.15. The van der Waals surface area contributed by atoms with Gasteiger partial charge in [0.25, 0.3) is 0 Å². The number of rotatable bonds is 8. The Balaban J connectivity index is 1.95. The van der Waals surface area contributed by atoms with Crippen LogP contribution in [0.5, 0.6) is 17.2 Å². The molecule has 0 amide bonds. The molecule has 0 heterocycles. The van der Waals surface area contributed by atoms with Crippen LogP contribution < -0.4 is 14.2 Å². The maximum Gasteiger partial charge on any atom is 0.331 e. The first-order valence-corrected chi connectivity index (χ1v) is 7.82. The fourth-order valence-corrected chi connectivity index (χ4v) is 2.15. The van der Waals surface area contributed by atoms with Crippen molar-refractivity contribution < 1.29 is 23.7 Å². The van der Waals surface area contributed by atoms with E-state index in [2.05, 4.69) is 0 Å². The van der Waals surface area contributed by atoms with E-state index in [0.717, 1.165) is 11.1 Å². The number of benzene rings is 2. The standard InChI is InChI=1S/C20H19NO5/c1-23-17-5-3-4-16(12-17)14-26-20(22)9-7-15-6-8-18(25-11-10-21)19(13-15)24-2/h3-9,12-13H,11,14H2,1-2H3/b9-7+. The molecule has 0 aromatic heterocycles. The Hall–Kier alpha value is -3.46. The van der Waals surface area contributed by atoms with Gasteiger partial charge in [0.15, 0.2) is 18.1 Å². The maximum atomic E-state index is 11.9. The van der Waals surface area contributed by atoms with Crippen LogP contribution in [0.1, 0.15) is 11.1 Å². The number of hydrogen-bond acceptors (Lipinski definition) is 6. The summed E-state index contributed by atoms with van der Waals surface area (Å²) in [5.74, 6) is 1.19. The number of nitrogens with zero attached hydrogens (tertiary/aromatic N) is 1. The van der Waals surface area contributed by atoms with Gasteiger partial charge in [0.2, 0.25) is 0 Å². The molecule has 26 heavy (non-hydrogen) atoms. The lowest BCUT2D eigenvalue weighted by atomic mass is 10.2. The smallest absolute Gasteiger partial charge is 0.331 e. The molecule has 0 aliphatic rings. The molecule has 2 aromatic rings. The van der Waals surface area contributed by atoms with Gasteiger partial charge in [0.1, 0.15) is 18.4 Å². The highest BCUT2D eigenvalue weighted by Gasteiger charge is 2.05. The van der Waals surface area contributed by atoms with Crippen molar-refractivity contribution in [2.24, 2.45) is 0 Å². The summed E-state index contributed by atoms with van der Waals surface area (Å²) in [4.78, 5) is 11.9. The molecule has 134 valence electrons. The molecule has 6 nitrogen and oxygen atoms in total. The zero-order chi connectivity index (χ0) is 18.8. The summed E-state index contributed by atoms with van der Waals surface area (Å²) >= 11 is 0. The van der Waals surface area contributed by atoms with Crippen molar-refractivity contribution >= 4 is 12.0 Å². The second-order valence-electron chi connectivity index (χ2n) is 5.15. The van der Waals surface area contributed by atoms with E-state index in [-0.39, 0.29) is 13.2 Å². The summed E-state index contributed by atoms with van der Waals surface area (Å²) < 4.78 is 20.8. The molecule has 0 atom stereocenters. The van der Waals surface area contributed by atoms with Crippen molar-refractivity contribution in [3.8, 4) is 23.3 Å². The topological polar surface area (TPSA) is 77.8 Å². The normalized spacial score (nSPS) is 10.2. The highest BCUT2D eigenvalue weighted by Crippen LogP contribution is 2.28. The summed E-state index contributed by atoms with van der Waals surface area (Å²) in [6.45, 7) is 0.0901. The van der Waals surface area contributed by atoms with Gasteiger partial charge in [-0.2, -0.15) is 5.26 Å². The molecule has 0 saturated carbocycles. The van der Waals surface area contributed by atoms with Crippen LogP contribution in [-0.4, -0.2) is 26.8 Å². The molecule has 2 rings (SSSR count). The molecule has 6 heteroatoms. The predicted octanol–water partition coefficient (Wildman–Crippen LogP) is 3.36. The number of ether oxygens (including phenoxy) is 4. The molecule has 0 radical (unpaired) electrons. The van der Waals surface area contributed by atoms with Crippen molar-refractivity contribution in [1.82, 2.24) is 0 Å². The van der Waals surface area contributed by atoms with Crippen LogP contribution in [-0.2, 0) is 16.1 Å². The second-order valence-corrected chi connectivity index (χ2v) is 5.15. The first-order chi connectivity index (χ1) is 12.7. The zero-order valence-electron chi connectivity index (χ0n) is 14.6. The minimum atomic E-state index is -0.461. The van der Waals surface area contributed by atoms with Gasteiger partial charge >= 0.3 is 5.97 Å². The molecular formula is C20H19NO5. The Morgan fingerprint density at radius 3 is 2.69 bits per heavy atom. The van der Waals surface area contributed by atoms with Gasteiger partial charge in [-0.1, -0.05) is 18.2 Å². The molecule has 0 unspecified atom stereocenters. The minimum Gasteiger partial charge on any atom is -0.497 e. The number of carbonyl (C=O) groups is 1. The molecule has 0 fully saturated rings. The van der Waals surface area contributed by atoms with Crippen LogP contribution in [0.3, 0.4) is 0 Å². The van der Waals surface area contributed by atoms with Gasteiger partial charge in [0, 0.05) is 6.08 Å². The summed E-state index contributed by atoms with van der Waals surface area (Å²) in [6.07, 6.45) is 2.95. The van der Waals surface area contributed by atoms with Crippen LogP contribution in [0.4, 0.5) is 0 Å². The molecule has 0 spiro atoms. The van der Waals surface area contributed by atoms with Gasteiger partial charge < -0.3 is 18.9 Å². The summed E-state index contributed by atoms with van der Waals surface area (Å²) in [5, 5.41) is 8.57. The molecular weight excluding hydrogens is 334 g/mol. The summed E-state index contributed by atoms with van der Waals surface area (Å²) in [5.41, 5.74) is 1.58. The Labute approximate surface area is 152 Å². The average Bonchev–Trinajstić information content (AvgIpc) is 2.69. The minimum absolute atomic E-state index is 0.0673. The summed E-state index contributed by atoms with van der Waals surface area (Å²) in [6, 6.07) is 14.3. The van der Waals surface area contributed by atoms with Gasteiger partial charge in [-0.05, 0) is 41.5 Å². The second kappa shape index (κ2) is 9.74. The molecule has 0 bridgehead atoms. The predicted molar refractivity (Wildman–Crippen MR) is 95.9 cm³/mol. The lowest BCUT2D eigenvalue weighted by molar-refractivity contribution is -0.138. The van der Waals surface area contributed by atoms with Crippen LogP contribution >= 0.6 is 0 Å². The number of esters is 1. The molecule has 0 N–H and O–H groups in total. The van der Waals surface area contributed by atoms with E-state index in [4.69, 9.17) is 24.2 Å². The molecule has 0 saturated heterocycles. The lowest BCUT2D eigenvalue weighted by Gasteiger charge is -2.08. The van der Waals surface area contributed by atoms with E-state index in [1.54, 1.807) is 31.4 Å². The van der Waals surface area contributed by atoms with Gasteiger partial charge in [-0.25, -0.2) is 4.79 Å². The van der Waals surface area contributed by atoms with E-state index in [1.807, 2.05) is 30.3 Å². The van der Waals surface area contributed by atoms with Gasteiger partial charge in [-0.15, -0.1) is 0 Å². The SMILES string of the molecule is COc1cccc(COC(=O)/C=C/c2ccc(OCC#N)c(OC)c2)c1. The largest absolute Gasteiger partial charge is 0.497 e. The van der Waals surface area contributed by atoms with Crippen LogP contribution in [0.25, 0.3) is 6.08 Å². The molecule has 0 aliphatic heterocycles. The fraction of sp³-hybridized carbons (Fsp3) is 0.200. The van der Waals surface area contributed by atoms with E-state index in [0.29, 0.717) is 17.2 Å². The number of nitriles is 1. The van der Waals surface area contributed by atoms with Crippen molar-refractivity contribution in [2.45, 2.75) is 6.61 Å². The quantitative estimate of drug-likeness (QED) is 0.535. The number of methoxy groups -OCH3 is 2. The van der Waals surface area contributed by atoms with Gasteiger partial charge in [0.05, 0.1) is 14.2 Å². The van der Waals surface area contributed by atoms with E-state index in [9.17, 15) is 4.79 Å². The Morgan fingerprint density at radius 1 is 1.12 bits per heavy atom. The van der Waals surface area contributed by atoms with Crippen molar-refractivity contribution in [3.63, 3.8) is 0 Å². The van der Waals surface area contributed by atoms with E-state index >= 15 is 0 Å². The lowest BCUT2D eigenvalue weighted by Crippen LogP contribution is -2.01. The maximum absolute atomic E-state index is 11.9. The van der Waals surface area contributed by atoms with Gasteiger partial charge in [-0.3, -0.25) is 0 Å². The van der Waals surface area contributed by atoms with Crippen molar-refractivity contribution in [2.75, 3.05) is 20.8 Å². The van der Waals surface area contributed by atoms with Crippen LogP contribution in [0.15, 0.2) is 48.5 Å². The van der Waals surface area contributed by atoms with E-state index in [1.165, 1.54) is 13.2 Å². The van der Waals surface area contributed by atoms with Crippen molar-refractivity contribution in [1.29, 1.82) is 5.26 Å². The summed E-state index contributed by atoms with van der Waals surface area (Å²) in [7, 11) is 3.09. The molecule has 0 aliphatic carbocycles. The van der Waals surface area contributed by atoms with Crippen LogP contribution in [0, 0.1) is 11.3 Å². The first kappa shape index (κ1) is 18.9. The zero-order valence-corrected chi connectivity index (χ0v) is 14.6. The highest BCUT2D eigenvalue weighted by molar-refractivity contribution is 5.87. The third kappa shape index (κ3) is 5.56. The first-order valence-electron chi connectivity index (χ1n) is 7.82. The Morgan fingerprint density at radius 2 is 1.96 bits per heavy atom. The Bertz CT molecular complexity index is 823. The van der Waals surface area contributed by atoms with E-state index < -0.39 is 5.97 Å². The third-order valence-corrected chi connectivity index (χ3v) is 3.41. The third-order valence-electron chi connectivity index (χ3n) is 3.41. The molecule has 2 aromatic carbocycles. The number of carbonyl (C=O) groups excluding carboxylic acids is 1. The van der Waals surface area contributed by atoms with Crippen LogP contribution in [0.2, 0.25) is 0 Å². The number of hydrogen-bond donors (Lipinski definition) is 0.